The molecule has 4 rings (SSSR count). The minimum Gasteiger partial charge on any atom is -0.351 e. The van der Waals surface area contributed by atoms with Gasteiger partial charge in [-0.3, -0.25) is 9.78 Å². The summed E-state index contributed by atoms with van der Waals surface area (Å²) in [5.74, 6) is -2.67. The quantitative estimate of drug-likeness (QED) is 0.480. The summed E-state index contributed by atoms with van der Waals surface area (Å²) in [7, 11) is -4.27. The minimum absolute atomic E-state index is 0.0887. The summed E-state index contributed by atoms with van der Waals surface area (Å²) in [5, 5.41) is 2.58. The average Bonchev–Trinajstić information content (AvgIpc) is 3.25. The van der Waals surface area contributed by atoms with Crippen molar-refractivity contribution >= 4 is 15.9 Å². The van der Waals surface area contributed by atoms with Gasteiger partial charge in [-0.1, -0.05) is 0 Å². The second kappa shape index (κ2) is 10.1. The van der Waals surface area contributed by atoms with E-state index in [0.717, 1.165) is 41.0 Å². The monoisotopic (exact) mass is 541 g/mol. The zero-order valence-electron chi connectivity index (χ0n) is 19.2. The van der Waals surface area contributed by atoms with Crippen LogP contribution < -0.4 is 5.32 Å². The number of rotatable bonds is 6. The van der Waals surface area contributed by atoms with Crippen LogP contribution in [0.15, 0.2) is 53.7 Å². The van der Waals surface area contributed by atoms with Crippen LogP contribution in [0.3, 0.4) is 0 Å². The van der Waals surface area contributed by atoms with Crippen LogP contribution in [0, 0.1) is 12.7 Å². The number of amides is 1. The maximum absolute atomic E-state index is 14.2. The molecule has 1 aliphatic heterocycles. The zero-order valence-corrected chi connectivity index (χ0v) is 20.0. The Morgan fingerprint density at radius 3 is 2.41 bits per heavy atom. The Kier molecular flexibility index (Phi) is 7.24. The number of hydrogen-bond donors (Lipinski definition) is 1. The number of aromatic nitrogens is 3. The third-order valence-corrected chi connectivity index (χ3v) is 7.50. The molecule has 1 aromatic carbocycles. The number of hydrogen-bond acceptors (Lipinski definition) is 6. The number of sulfonamides is 1. The third-order valence-electron chi connectivity index (χ3n) is 5.61. The van der Waals surface area contributed by atoms with Crippen molar-refractivity contribution in [3.05, 3.63) is 71.7 Å². The van der Waals surface area contributed by atoms with E-state index < -0.39 is 52.5 Å². The van der Waals surface area contributed by atoms with Gasteiger partial charge in [-0.15, -0.1) is 0 Å². The minimum atomic E-state index is -4.69. The summed E-state index contributed by atoms with van der Waals surface area (Å²) in [4.78, 5) is 23.5. The molecule has 37 heavy (non-hydrogen) atoms. The van der Waals surface area contributed by atoms with Crippen LogP contribution >= 0.6 is 0 Å². The summed E-state index contributed by atoms with van der Waals surface area (Å²) >= 11 is 0. The smallest absolute Gasteiger partial charge is 0.351 e. The predicted molar refractivity (Wildman–Crippen MR) is 120 cm³/mol. The molecule has 0 radical (unpaired) electrons. The fourth-order valence-corrected chi connectivity index (χ4v) is 5.53. The van der Waals surface area contributed by atoms with E-state index in [1.165, 1.54) is 6.07 Å². The Hall–Kier alpha value is -3.52. The van der Waals surface area contributed by atoms with Crippen molar-refractivity contribution in [2.45, 2.75) is 43.2 Å². The van der Waals surface area contributed by atoms with Gasteiger partial charge in [0.2, 0.25) is 21.8 Å². The molecule has 1 saturated heterocycles. The van der Waals surface area contributed by atoms with Crippen LogP contribution in [-0.2, 0) is 27.5 Å². The lowest BCUT2D eigenvalue weighted by molar-refractivity contribution is -0.145. The maximum atomic E-state index is 14.2. The molecular weight excluding hydrogens is 521 g/mol. The maximum Gasteiger partial charge on any atom is 0.451 e. The number of carbonyl (C=O) groups excluding carboxylic acids is 1. The number of halogens is 5. The molecule has 8 nitrogen and oxygen atoms in total. The number of pyridine rings is 1. The number of alkyl halides is 4. The summed E-state index contributed by atoms with van der Waals surface area (Å²) in [6.07, 6.45) is -4.64. The molecule has 1 aliphatic rings. The number of carbonyl (C=O) groups is 1. The second-order valence-electron chi connectivity index (χ2n) is 8.39. The summed E-state index contributed by atoms with van der Waals surface area (Å²) < 4.78 is 92.3. The van der Waals surface area contributed by atoms with E-state index in [1.807, 2.05) is 0 Å². The van der Waals surface area contributed by atoms with E-state index >= 15 is 0 Å². The largest absolute Gasteiger partial charge is 0.451 e. The molecule has 0 bridgehead atoms. The highest BCUT2D eigenvalue weighted by atomic mass is 32.2. The van der Waals surface area contributed by atoms with Crippen LogP contribution in [0.4, 0.5) is 22.0 Å². The topological polar surface area (TPSA) is 105 Å². The van der Waals surface area contributed by atoms with Crippen LogP contribution in [0.2, 0.25) is 0 Å². The molecule has 0 unspecified atom stereocenters. The van der Waals surface area contributed by atoms with Gasteiger partial charge in [-0.05, 0) is 48.9 Å². The predicted octanol–water partition coefficient (Wildman–Crippen LogP) is 3.42. The van der Waals surface area contributed by atoms with Gasteiger partial charge in [0.25, 0.3) is 0 Å². The van der Waals surface area contributed by atoms with Crippen molar-refractivity contribution in [3.63, 3.8) is 0 Å². The summed E-state index contributed by atoms with van der Waals surface area (Å²) in [6, 6.07) is 5.80. The van der Waals surface area contributed by atoms with Gasteiger partial charge in [-0.2, -0.15) is 17.5 Å². The first-order chi connectivity index (χ1) is 17.3. The van der Waals surface area contributed by atoms with Crippen molar-refractivity contribution in [1.29, 1.82) is 0 Å². The van der Waals surface area contributed by atoms with E-state index in [-0.39, 0.29) is 29.1 Å². The summed E-state index contributed by atoms with van der Waals surface area (Å²) in [5.41, 5.74) is 1.49. The van der Waals surface area contributed by atoms with Gasteiger partial charge in [0.15, 0.2) is 0 Å². The van der Waals surface area contributed by atoms with Crippen molar-refractivity contribution in [1.82, 2.24) is 24.6 Å². The fraction of sp³-hybridized carbons (Fsp3) is 0.304. The highest BCUT2D eigenvalue weighted by Crippen LogP contribution is 2.29. The first-order valence-corrected chi connectivity index (χ1v) is 12.3. The SMILES string of the molecule is Cc1cc(CNC(=O)[C@@H]2C[C@@H](F)CN2S(=O)(=O)c2ccc(F)cc2)cc(-c2cnc(C(F)(F)F)nc2)n1. The highest BCUT2D eigenvalue weighted by Gasteiger charge is 2.44. The van der Waals surface area contributed by atoms with Gasteiger partial charge < -0.3 is 5.32 Å². The Bertz CT molecular complexity index is 1400. The molecule has 0 saturated carbocycles. The zero-order chi connectivity index (χ0) is 27.0. The molecule has 1 fully saturated rings. The molecule has 14 heteroatoms. The van der Waals surface area contributed by atoms with Gasteiger partial charge >= 0.3 is 6.18 Å². The van der Waals surface area contributed by atoms with Gasteiger partial charge in [-0.25, -0.2) is 27.2 Å². The van der Waals surface area contributed by atoms with Crippen molar-refractivity contribution in [2.75, 3.05) is 6.54 Å². The van der Waals surface area contributed by atoms with E-state index in [9.17, 15) is 35.2 Å². The lowest BCUT2D eigenvalue weighted by Crippen LogP contribution is -2.45. The lowest BCUT2D eigenvalue weighted by Gasteiger charge is -2.23. The molecule has 196 valence electrons. The van der Waals surface area contributed by atoms with Crippen molar-refractivity contribution in [2.24, 2.45) is 0 Å². The van der Waals surface area contributed by atoms with E-state index in [4.69, 9.17) is 0 Å². The molecule has 0 spiro atoms. The number of nitrogens with zero attached hydrogens (tertiary/aromatic N) is 4. The van der Waals surface area contributed by atoms with Crippen LogP contribution in [0.25, 0.3) is 11.3 Å². The fourth-order valence-electron chi connectivity index (χ4n) is 3.91. The first kappa shape index (κ1) is 26.5. The highest BCUT2D eigenvalue weighted by molar-refractivity contribution is 7.89. The second-order valence-corrected chi connectivity index (χ2v) is 10.3. The Balaban J connectivity index is 1.50. The van der Waals surface area contributed by atoms with E-state index in [0.29, 0.717) is 11.3 Å². The molecular formula is C23H20F5N5O3S. The van der Waals surface area contributed by atoms with Crippen LogP contribution in [0.1, 0.15) is 23.5 Å². The Labute approximate surface area is 208 Å². The van der Waals surface area contributed by atoms with Gasteiger partial charge in [0.1, 0.15) is 18.0 Å². The number of benzene rings is 1. The summed E-state index contributed by atoms with van der Waals surface area (Å²) in [6.45, 7) is 1.03. The molecule has 2 atom stereocenters. The van der Waals surface area contributed by atoms with Gasteiger partial charge in [0, 0.05) is 43.2 Å². The normalized spacial score (nSPS) is 18.6. The molecule has 1 N–H and O–H groups in total. The Morgan fingerprint density at radius 2 is 1.78 bits per heavy atom. The standard InChI is InChI=1S/C23H20F5N5O3S/c1-13-6-14(7-19(32-13)15-10-30-22(31-11-15)23(26,27)28)9-29-21(34)20-8-17(25)12-33(20)37(35,36)18-4-2-16(24)3-5-18/h2-7,10-11,17,20H,8-9,12H2,1H3,(H,29,34)/t17-,20+/m1/s1. The molecule has 2 aromatic heterocycles. The van der Waals surface area contributed by atoms with Crippen molar-refractivity contribution in [3.8, 4) is 11.3 Å². The molecule has 3 heterocycles. The van der Waals surface area contributed by atoms with Crippen LogP contribution in [-0.4, -0.2) is 52.3 Å². The van der Waals surface area contributed by atoms with E-state index in [2.05, 4.69) is 20.3 Å². The average molecular weight is 542 g/mol. The molecule has 0 aliphatic carbocycles. The third kappa shape index (κ3) is 5.91. The Morgan fingerprint density at radius 1 is 1.14 bits per heavy atom. The molecule has 1 amide bonds. The molecule has 3 aromatic rings. The lowest BCUT2D eigenvalue weighted by atomic mass is 10.1. The van der Waals surface area contributed by atoms with Gasteiger partial charge in [0.05, 0.1) is 10.6 Å². The van der Waals surface area contributed by atoms with Crippen molar-refractivity contribution < 1.29 is 35.2 Å². The van der Waals surface area contributed by atoms with E-state index in [1.54, 1.807) is 13.0 Å². The number of nitrogens with one attached hydrogen (secondary N) is 1. The number of aryl methyl sites for hydroxylation is 1. The first-order valence-electron chi connectivity index (χ1n) is 10.9. The van der Waals surface area contributed by atoms with Crippen LogP contribution in [0.5, 0.6) is 0 Å².